The molecule has 4 aliphatic rings. The highest BCUT2D eigenvalue weighted by Crippen LogP contribution is 2.54. The summed E-state index contributed by atoms with van der Waals surface area (Å²) in [6.07, 6.45) is 23.3. The highest BCUT2D eigenvalue weighted by atomic mass is 79.9. The van der Waals surface area contributed by atoms with Crippen LogP contribution in [-0.4, -0.2) is 4.83 Å². The molecule has 0 saturated heterocycles. The lowest BCUT2D eigenvalue weighted by molar-refractivity contribution is 0.00549. The third-order valence-electron chi connectivity index (χ3n) is 7.00. The predicted octanol–water partition coefficient (Wildman–Crippen LogP) is 6.12. The second-order valence-electron chi connectivity index (χ2n) is 8.00. The van der Waals surface area contributed by atoms with Gasteiger partial charge in [-0.2, -0.15) is 0 Å². The molecule has 0 nitrogen and oxygen atoms in total. The second-order valence-corrected chi connectivity index (χ2v) is 9.17. The largest absolute Gasteiger partial charge is 0.0882 e. The Morgan fingerprint density at radius 1 is 0.762 bits per heavy atom. The molecule has 7 atom stereocenters. The van der Waals surface area contributed by atoms with Gasteiger partial charge in [0.25, 0.3) is 0 Å². The molecule has 4 aliphatic carbocycles. The summed E-state index contributed by atoms with van der Waals surface area (Å²) in [6.45, 7) is 0. The van der Waals surface area contributed by atoms with Crippen molar-refractivity contribution in [3.63, 3.8) is 0 Å². The Morgan fingerprint density at radius 2 is 1.67 bits per heavy atom. The lowest BCUT2D eigenvalue weighted by Crippen LogP contribution is -2.44. The molecular weight excluding hydrogens is 320 g/mol. The van der Waals surface area contributed by atoms with E-state index in [0.717, 1.165) is 35.5 Å². The van der Waals surface area contributed by atoms with Crippen LogP contribution < -0.4 is 0 Å². The summed E-state index contributed by atoms with van der Waals surface area (Å²) in [4.78, 5) is 0.637. The van der Waals surface area contributed by atoms with Gasteiger partial charge in [0.1, 0.15) is 0 Å². The monoisotopic (exact) mass is 348 g/mol. The molecule has 0 aliphatic heterocycles. The first-order valence-electron chi connectivity index (χ1n) is 9.32. The second kappa shape index (κ2) is 6.22. The number of rotatable bonds is 1. The third kappa shape index (κ3) is 2.80. The topological polar surface area (TPSA) is 0 Å². The van der Waals surface area contributed by atoms with E-state index in [9.17, 15) is 0 Å². The summed E-state index contributed by atoms with van der Waals surface area (Å²) < 4.78 is 0. The van der Waals surface area contributed by atoms with Crippen molar-refractivity contribution in [2.45, 2.75) is 62.6 Å². The van der Waals surface area contributed by atoms with Gasteiger partial charge in [0.05, 0.1) is 0 Å². The minimum Gasteiger partial charge on any atom is -0.0882 e. The van der Waals surface area contributed by atoms with Crippen LogP contribution in [0.25, 0.3) is 0 Å². The molecule has 116 valence electrons. The van der Waals surface area contributed by atoms with E-state index < -0.39 is 0 Å². The quantitative estimate of drug-likeness (QED) is 0.395. The van der Waals surface area contributed by atoms with Gasteiger partial charge >= 0.3 is 0 Å². The van der Waals surface area contributed by atoms with Crippen molar-refractivity contribution < 1.29 is 0 Å². The summed E-state index contributed by atoms with van der Waals surface area (Å²) in [6, 6.07) is 0. The van der Waals surface area contributed by atoms with Crippen LogP contribution in [-0.2, 0) is 0 Å². The van der Waals surface area contributed by atoms with E-state index in [0.29, 0.717) is 4.83 Å². The van der Waals surface area contributed by atoms with Crippen LogP contribution in [0, 0.1) is 35.5 Å². The van der Waals surface area contributed by atoms with Crippen molar-refractivity contribution >= 4 is 15.9 Å². The van der Waals surface area contributed by atoms with Gasteiger partial charge < -0.3 is 0 Å². The van der Waals surface area contributed by atoms with Crippen molar-refractivity contribution in [1.29, 1.82) is 0 Å². The van der Waals surface area contributed by atoms with Gasteiger partial charge in [-0.3, -0.25) is 0 Å². The molecule has 21 heavy (non-hydrogen) atoms. The average Bonchev–Trinajstić information content (AvgIpc) is 2.55. The molecule has 2 fully saturated rings. The molecule has 0 radical (unpaired) electrons. The minimum atomic E-state index is 0.637. The lowest BCUT2D eigenvalue weighted by Gasteiger charge is -2.52. The number of allylic oxidation sites excluding steroid dienone is 4. The Hall–Kier alpha value is -0.0400. The molecule has 0 bridgehead atoms. The third-order valence-corrected chi connectivity index (χ3v) is 7.76. The molecule has 0 heterocycles. The molecule has 0 spiro atoms. The molecule has 0 aromatic rings. The average molecular weight is 349 g/mol. The first-order chi connectivity index (χ1) is 10.3. The first-order valence-corrected chi connectivity index (χ1v) is 10.2. The SMILES string of the molecule is BrC1C=CC(C2CC3CCCCC3C3CCC=CC23)CC1. The fourth-order valence-corrected chi connectivity index (χ4v) is 6.50. The van der Waals surface area contributed by atoms with E-state index in [2.05, 4.69) is 40.2 Å². The maximum atomic E-state index is 3.76. The molecule has 1 heteroatoms. The van der Waals surface area contributed by atoms with Gasteiger partial charge in [-0.25, -0.2) is 0 Å². The van der Waals surface area contributed by atoms with Crippen LogP contribution >= 0.6 is 15.9 Å². The lowest BCUT2D eigenvalue weighted by atomic mass is 9.53. The Labute approximate surface area is 138 Å². The van der Waals surface area contributed by atoms with E-state index in [1.165, 1.54) is 57.8 Å². The van der Waals surface area contributed by atoms with Crippen molar-refractivity contribution in [2.24, 2.45) is 35.5 Å². The van der Waals surface area contributed by atoms with Gasteiger partial charge in [-0.15, -0.1) is 0 Å². The molecule has 0 N–H and O–H groups in total. The Bertz CT molecular complexity index is 424. The summed E-state index contributed by atoms with van der Waals surface area (Å²) >= 11 is 3.76. The standard InChI is InChI=1S/C20H29Br/c21-16-11-9-14(10-12-16)20-13-15-5-1-2-6-17(15)18-7-3-4-8-19(18)20/h4,8-9,11,14-20H,1-3,5-7,10,12-13H2. The number of hydrogen-bond donors (Lipinski definition) is 0. The number of alkyl halides is 1. The zero-order valence-electron chi connectivity index (χ0n) is 13.1. The normalized spacial score (nSPS) is 49.5. The van der Waals surface area contributed by atoms with Gasteiger partial charge in [0.15, 0.2) is 0 Å². The Morgan fingerprint density at radius 3 is 2.52 bits per heavy atom. The Balaban J connectivity index is 1.59. The van der Waals surface area contributed by atoms with E-state index in [1.807, 2.05) is 0 Å². The fourth-order valence-electron chi connectivity index (χ4n) is 6.06. The van der Waals surface area contributed by atoms with Crippen molar-refractivity contribution in [2.75, 3.05) is 0 Å². The molecule has 0 amide bonds. The van der Waals surface area contributed by atoms with Crippen molar-refractivity contribution in [1.82, 2.24) is 0 Å². The predicted molar refractivity (Wildman–Crippen MR) is 93.5 cm³/mol. The number of hydrogen-bond acceptors (Lipinski definition) is 0. The summed E-state index contributed by atoms with van der Waals surface area (Å²) in [5.74, 6) is 5.86. The van der Waals surface area contributed by atoms with Crippen LogP contribution in [0.2, 0.25) is 0 Å². The van der Waals surface area contributed by atoms with Crippen molar-refractivity contribution in [3.8, 4) is 0 Å². The summed E-state index contributed by atoms with van der Waals surface area (Å²) in [5, 5.41) is 0. The molecule has 4 rings (SSSR count). The van der Waals surface area contributed by atoms with Crippen LogP contribution in [0.5, 0.6) is 0 Å². The van der Waals surface area contributed by atoms with Gasteiger partial charge in [0, 0.05) is 4.83 Å². The van der Waals surface area contributed by atoms with Crippen LogP contribution in [0.3, 0.4) is 0 Å². The highest BCUT2D eigenvalue weighted by Gasteiger charge is 2.46. The number of fused-ring (bicyclic) bond motifs is 3. The van der Waals surface area contributed by atoms with E-state index in [1.54, 1.807) is 0 Å². The van der Waals surface area contributed by atoms with Gasteiger partial charge in [0.2, 0.25) is 0 Å². The highest BCUT2D eigenvalue weighted by molar-refractivity contribution is 9.09. The maximum absolute atomic E-state index is 3.76. The van der Waals surface area contributed by atoms with Crippen LogP contribution in [0.1, 0.15) is 57.8 Å². The fraction of sp³-hybridized carbons (Fsp3) is 0.800. The van der Waals surface area contributed by atoms with Gasteiger partial charge in [-0.1, -0.05) is 59.5 Å². The molecular formula is C20H29Br. The minimum absolute atomic E-state index is 0.637. The Kier molecular flexibility index (Phi) is 4.31. The van der Waals surface area contributed by atoms with Crippen LogP contribution in [0.15, 0.2) is 24.3 Å². The zero-order valence-corrected chi connectivity index (χ0v) is 14.7. The van der Waals surface area contributed by atoms with Crippen LogP contribution in [0.4, 0.5) is 0 Å². The van der Waals surface area contributed by atoms with E-state index >= 15 is 0 Å². The van der Waals surface area contributed by atoms with Crippen molar-refractivity contribution in [3.05, 3.63) is 24.3 Å². The molecule has 0 aromatic heterocycles. The van der Waals surface area contributed by atoms with E-state index in [4.69, 9.17) is 0 Å². The molecule has 0 aromatic carbocycles. The maximum Gasteiger partial charge on any atom is 0.0325 e. The molecule has 7 unspecified atom stereocenters. The summed E-state index contributed by atoms with van der Waals surface area (Å²) in [5.41, 5.74) is 0. The summed E-state index contributed by atoms with van der Waals surface area (Å²) in [7, 11) is 0. The number of halogens is 1. The first kappa shape index (κ1) is 14.5. The van der Waals surface area contributed by atoms with Gasteiger partial charge in [-0.05, 0) is 74.0 Å². The van der Waals surface area contributed by atoms with E-state index in [-0.39, 0.29) is 0 Å². The smallest absolute Gasteiger partial charge is 0.0325 e. The molecule has 2 saturated carbocycles. The zero-order chi connectivity index (χ0) is 14.2.